The smallest absolute Gasteiger partial charge is 0.239 e. The van der Waals surface area contributed by atoms with Crippen LogP contribution < -0.4 is 10.2 Å². The van der Waals surface area contributed by atoms with E-state index in [1.165, 1.54) is 6.42 Å². The van der Waals surface area contributed by atoms with E-state index in [1.807, 2.05) is 29.2 Å². The zero-order chi connectivity index (χ0) is 15.5. The lowest BCUT2D eigenvalue weighted by molar-refractivity contribution is -0.134. The predicted molar refractivity (Wildman–Crippen MR) is 90.4 cm³/mol. The zero-order valence-electron chi connectivity index (χ0n) is 13.1. The molecule has 5 heteroatoms. The van der Waals surface area contributed by atoms with Gasteiger partial charge in [0.15, 0.2) is 0 Å². The van der Waals surface area contributed by atoms with E-state index in [0.29, 0.717) is 5.92 Å². The number of para-hydroxylation sites is 1. The van der Waals surface area contributed by atoms with Gasteiger partial charge in [0.05, 0.1) is 16.8 Å². The minimum Gasteiger partial charge on any atom is -0.367 e. The van der Waals surface area contributed by atoms with Crippen molar-refractivity contribution in [3.63, 3.8) is 0 Å². The van der Waals surface area contributed by atoms with Crippen molar-refractivity contribution in [2.24, 2.45) is 5.92 Å². The second kappa shape index (κ2) is 6.88. The molecule has 2 atom stereocenters. The summed E-state index contributed by atoms with van der Waals surface area (Å²) in [5, 5.41) is 4.16. The molecular weight excluding hydrogens is 298 g/mol. The fourth-order valence-electron chi connectivity index (χ4n) is 3.39. The highest BCUT2D eigenvalue weighted by molar-refractivity contribution is 6.33. The molecule has 2 saturated heterocycles. The number of nitrogens with one attached hydrogen (secondary N) is 1. The lowest BCUT2D eigenvalue weighted by Crippen LogP contribution is -2.55. The Morgan fingerprint density at radius 2 is 1.95 bits per heavy atom. The molecule has 1 amide bonds. The Bertz CT molecular complexity index is 528. The van der Waals surface area contributed by atoms with Gasteiger partial charge in [-0.05, 0) is 37.4 Å². The van der Waals surface area contributed by atoms with E-state index in [9.17, 15) is 4.79 Å². The Kier molecular flexibility index (Phi) is 4.89. The Balaban J connectivity index is 1.57. The number of hydrogen-bond donors (Lipinski definition) is 1. The van der Waals surface area contributed by atoms with Crippen LogP contribution in [0, 0.1) is 5.92 Å². The molecule has 0 saturated carbocycles. The monoisotopic (exact) mass is 321 g/mol. The van der Waals surface area contributed by atoms with Crippen LogP contribution in [0.4, 0.5) is 5.69 Å². The lowest BCUT2D eigenvalue weighted by atomic mass is 9.93. The van der Waals surface area contributed by atoms with E-state index < -0.39 is 0 Å². The molecule has 2 aliphatic rings. The van der Waals surface area contributed by atoms with Crippen molar-refractivity contribution in [3.8, 4) is 0 Å². The normalized spacial score (nSPS) is 26.1. The number of nitrogens with zero attached hydrogens (tertiary/aromatic N) is 2. The molecule has 2 heterocycles. The molecule has 1 aromatic rings. The molecule has 120 valence electrons. The van der Waals surface area contributed by atoms with E-state index in [1.54, 1.807) is 0 Å². The van der Waals surface area contributed by atoms with Crippen LogP contribution in [-0.2, 0) is 4.79 Å². The van der Waals surface area contributed by atoms with Gasteiger partial charge >= 0.3 is 0 Å². The van der Waals surface area contributed by atoms with Gasteiger partial charge in [-0.25, -0.2) is 0 Å². The molecular formula is C17H24ClN3O. The van der Waals surface area contributed by atoms with E-state index in [2.05, 4.69) is 17.1 Å². The number of piperazine rings is 1. The SMILES string of the molecule is CC1CCNC(C(=O)N2CCN(c3ccccc3Cl)CC2)C1. The summed E-state index contributed by atoms with van der Waals surface area (Å²) in [4.78, 5) is 16.9. The molecule has 2 aliphatic heterocycles. The summed E-state index contributed by atoms with van der Waals surface area (Å²) < 4.78 is 0. The molecule has 4 nitrogen and oxygen atoms in total. The third kappa shape index (κ3) is 3.39. The molecule has 22 heavy (non-hydrogen) atoms. The summed E-state index contributed by atoms with van der Waals surface area (Å²) in [7, 11) is 0. The molecule has 0 bridgehead atoms. The summed E-state index contributed by atoms with van der Waals surface area (Å²) in [6.07, 6.45) is 2.13. The van der Waals surface area contributed by atoms with Crippen molar-refractivity contribution in [2.75, 3.05) is 37.6 Å². The number of halogens is 1. The number of anilines is 1. The Morgan fingerprint density at radius 3 is 2.64 bits per heavy atom. The van der Waals surface area contributed by atoms with Crippen molar-refractivity contribution in [1.82, 2.24) is 10.2 Å². The molecule has 0 aromatic heterocycles. The van der Waals surface area contributed by atoms with Crippen molar-refractivity contribution in [1.29, 1.82) is 0 Å². The maximum atomic E-state index is 12.6. The highest BCUT2D eigenvalue weighted by Crippen LogP contribution is 2.26. The third-order valence-corrected chi connectivity index (χ3v) is 5.07. The Morgan fingerprint density at radius 1 is 1.23 bits per heavy atom. The number of benzene rings is 1. The van der Waals surface area contributed by atoms with Gasteiger partial charge in [0.25, 0.3) is 0 Å². The predicted octanol–water partition coefficient (Wildman–Crippen LogP) is 2.38. The Labute approximate surface area is 137 Å². The van der Waals surface area contributed by atoms with E-state index in [0.717, 1.165) is 49.9 Å². The Hall–Kier alpha value is -1.26. The molecule has 3 rings (SSSR count). The van der Waals surface area contributed by atoms with Crippen LogP contribution in [0.1, 0.15) is 19.8 Å². The third-order valence-electron chi connectivity index (χ3n) is 4.75. The van der Waals surface area contributed by atoms with Gasteiger partial charge in [0, 0.05) is 26.2 Å². The average Bonchev–Trinajstić information content (AvgIpc) is 2.55. The molecule has 1 N–H and O–H groups in total. The maximum absolute atomic E-state index is 12.6. The second-order valence-electron chi connectivity index (χ2n) is 6.40. The van der Waals surface area contributed by atoms with Crippen LogP contribution in [0.2, 0.25) is 5.02 Å². The van der Waals surface area contributed by atoms with Crippen LogP contribution >= 0.6 is 11.6 Å². The highest BCUT2D eigenvalue weighted by atomic mass is 35.5. The largest absolute Gasteiger partial charge is 0.367 e. The molecule has 1 aromatic carbocycles. The standard InChI is InChI=1S/C17H24ClN3O/c1-13-6-7-19-15(12-13)17(22)21-10-8-20(9-11-21)16-5-3-2-4-14(16)18/h2-5,13,15,19H,6-12H2,1H3. The molecule has 0 spiro atoms. The first-order valence-electron chi connectivity index (χ1n) is 8.17. The van der Waals surface area contributed by atoms with Crippen LogP contribution in [-0.4, -0.2) is 49.6 Å². The van der Waals surface area contributed by atoms with Gasteiger partial charge in [0.2, 0.25) is 5.91 Å². The number of piperidine rings is 1. The number of amides is 1. The van der Waals surface area contributed by atoms with Crippen molar-refractivity contribution >= 4 is 23.2 Å². The van der Waals surface area contributed by atoms with Crippen molar-refractivity contribution in [3.05, 3.63) is 29.3 Å². The van der Waals surface area contributed by atoms with Gasteiger partial charge in [-0.15, -0.1) is 0 Å². The number of carbonyl (C=O) groups is 1. The van der Waals surface area contributed by atoms with Crippen LogP contribution in [0.3, 0.4) is 0 Å². The number of rotatable bonds is 2. The van der Waals surface area contributed by atoms with E-state index >= 15 is 0 Å². The molecule has 2 fully saturated rings. The van der Waals surface area contributed by atoms with Crippen LogP contribution in [0.15, 0.2) is 24.3 Å². The summed E-state index contributed by atoms with van der Waals surface area (Å²) >= 11 is 6.26. The number of carbonyl (C=O) groups excluding carboxylic acids is 1. The summed E-state index contributed by atoms with van der Waals surface area (Å²) in [5.41, 5.74) is 1.07. The number of hydrogen-bond acceptors (Lipinski definition) is 3. The fraction of sp³-hybridized carbons (Fsp3) is 0.588. The second-order valence-corrected chi connectivity index (χ2v) is 6.81. The van der Waals surface area contributed by atoms with Crippen molar-refractivity contribution < 1.29 is 4.79 Å². The van der Waals surface area contributed by atoms with Gasteiger partial charge in [-0.3, -0.25) is 4.79 Å². The molecule has 2 unspecified atom stereocenters. The zero-order valence-corrected chi connectivity index (χ0v) is 13.9. The first kappa shape index (κ1) is 15.6. The first-order valence-corrected chi connectivity index (χ1v) is 8.54. The topological polar surface area (TPSA) is 35.6 Å². The molecule has 0 aliphatic carbocycles. The van der Waals surface area contributed by atoms with Gasteiger partial charge in [-0.2, -0.15) is 0 Å². The van der Waals surface area contributed by atoms with Crippen molar-refractivity contribution in [2.45, 2.75) is 25.8 Å². The lowest BCUT2D eigenvalue weighted by Gasteiger charge is -2.39. The quantitative estimate of drug-likeness (QED) is 0.908. The van der Waals surface area contributed by atoms with Gasteiger partial charge < -0.3 is 15.1 Å². The summed E-state index contributed by atoms with van der Waals surface area (Å²) in [5.74, 6) is 0.907. The molecule has 0 radical (unpaired) electrons. The summed E-state index contributed by atoms with van der Waals surface area (Å²) in [6.45, 7) is 6.43. The van der Waals surface area contributed by atoms with Gasteiger partial charge in [0.1, 0.15) is 0 Å². The average molecular weight is 322 g/mol. The minimum atomic E-state index is 0.00983. The van der Waals surface area contributed by atoms with Gasteiger partial charge in [-0.1, -0.05) is 30.7 Å². The van der Waals surface area contributed by atoms with Crippen LogP contribution in [0.5, 0.6) is 0 Å². The van der Waals surface area contributed by atoms with Crippen LogP contribution in [0.25, 0.3) is 0 Å². The maximum Gasteiger partial charge on any atom is 0.239 e. The van der Waals surface area contributed by atoms with E-state index in [4.69, 9.17) is 11.6 Å². The minimum absolute atomic E-state index is 0.00983. The fourth-order valence-corrected chi connectivity index (χ4v) is 3.65. The highest BCUT2D eigenvalue weighted by Gasteiger charge is 2.30. The first-order chi connectivity index (χ1) is 10.6. The van der Waals surface area contributed by atoms with E-state index in [-0.39, 0.29) is 11.9 Å². The summed E-state index contributed by atoms with van der Waals surface area (Å²) in [6, 6.07) is 7.93.